The monoisotopic (exact) mass is 561 g/mol. The Morgan fingerprint density at radius 1 is 0.976 bits per heavy atom. The van der Waals surface area contributed by atoms with Gasteiger partial charge in [-0.1, -0.05) is 38.3 Å². The standard InChI is InChI=1S/C31H37F2N7O/c1-2-31(32,33)21-36-30-35-19-27-25-9-8-22(20-38-14-16-39(17-15-38)23-10-12-34-13-11-23)18-26(25)29(41)40(28(27)37-30)24-6-4-3-5-7-24/h8-13,18-19,24H,2-7,14-17,20-21H2,1H3,(H,35,36,37). The molecule has 1 aliphatic heterocycles. The summed E-state index contributed by atoms with van der Waals surface area (Å²) >= 11 is 0. The van der Waals surface area contributed by atoms with Gasteiger partial charge in [-0.05, 0) is 42.0 Å². The third-order valence-electron chi connectivity index (χ3n) is 8.59. The van der Waals surface area contributed by atoms with E-state index in [9.17, 15) is 13.6 Å². The number of benzene rings is 1. The SMILES string of the molecule is CCC(F)(F)CNc1ncc2c3ccc(CN4CCN(c5ccncc5)CC4)cc3c(=O)n(C3CCCCC3)c2n1. The summed E-state index contributed by atoms with van der Waals surface area (Å²) < 4.78 is 29.7. The zero-order chi connectivity index (χ0) is 28.4. The van der Waals surface area contributed by atoms with Crippen LogP contribution in [0.2, 0.25) is 0 Å². The summed E-state index contributed by atoms with van der Waals surface area (Å²) in [5, 5.41) is 4.93. The Bertz CT molecular complexity index is 1560. The highest BCUT2D eigenvalue weighted by molar-refractivity contribution is 6.04. The van der Waals surface area contributed by atoms with Crippen LogP contribution < -0.4 is 15.8 Å². The van der Waals surface area contributed by atoms with Crippen molar-refractivity contribution >= 4 is 33.4 Å². The van der Waals surface area contributed by atoms with E-state index in [1.807, 2.05) is 41.2 Å². The third kappa shape index (κ3) is 5.88. The first-order valence-electron chi connectivity index (χ1n) is 14.7. The lowest BCUT2D eigenvalue weighted by Crippen LogP contribution is -2.45. The first kappa shape index (κ1) is 27.5. The second-order valence-electron chi connectivity index (χ2n) is 11.3. The number of piperazine rings is 1. The molecule has 3 aromatic heterocycles. The highest BCUT2D eigenvalue weighted by Gasteiger charge is 2.27. The lowest BCUT2D eigenvalue weighted by Gasteiger charge is -2.36. The van der Waals surface area contributed by atoms with E-state index in [1.54, 1.807) is 6.20 Å². The van der Waals surface area contributed by atoms with Crippen LogP contribution in [0.4, 0.5) is 20.4 Å². The molecule has 1 aromatic carbocycles. The van der Waals surface area contributed by atoms with Crippen molar-refractivity contribution in [3.05, 3.63) is 64.8 Å². The fourth-order valence-electron chi connectivity index (χ4n) is 6.15. The predicted octanol–water partition coefficient (Wildman–Crippen LogP) is 5.62. The van der Waals surface area contributed by atoms with E-state index in [1.165, 1.54) is 12.6 Å². The van der Waals surface area contributed by atoms with Crippen molar-refractivity contribution in [2.75, 3.05) is 42.9 Å². The van der Waals surface area contributed by atoms with Crippen LogP contribution in [0.1, 0.15) is 57.1 Å². The summed E-state index contributed by atoms with van der Waals surface area (Å²) in [7, 11) is 0. The highest BCUT2D eigenvalue weighted by Crippen LogP contribution is 2.32. The molecule has 0 amide bonds. The van der Waals surface area contributed by atoms with Gasteiger partial charge in [0.15, 0.2) is 0 Å². The fraction of sp³-hybridized carbons (Fsp3) is 0.484. The molecule has 0 spiro atoms. The number of pyridine rings is 2. The second kappa shape index (κ2) is 11.7. The molecule has 4 aromatic rings. The van der Waals surface area contributed by atoms with Gasteiger partial charge in [-0.3, -0.25) is 19.2 Å². The quantitative estimate of drug-likeness (QED) is 0.280. The van der Waals surface area contributed by atoms with Crippen molar-refractivity contribution in [1.29, 1.82) is 0 Å². The largest absolute Gasteiger partial charge is 0.369 e. The topological polar surface area (TPSA) is 79.2 Å². The number of nitrogens with one attached hydrogen (secondary N) is 1. The number of anilines is 2. The molecule has 1 N–H and O–H groups in total. The number of aromatic nitrogens is 4. The van der Waals surface area contributed by atoms with Gasteiger partial charge in [0.1, 0.15) is 5.65 Å². The van der Waals surface area contributed by atoms with Gasteiger partial charge in [0.2, 0.25) is 5.95 Å². The number of rotatable bonds is 8. The van der Waals surface area contributed by atoms with Crippen molar-refractivity contribution < 1.29 is 8.78 Å². The van der Waals surface area contributed by atoms with Crippen molar-refractivity contribution in [3.63, 3.8) is 0 Å². The number of alkyl halides is 2. The summed E-state index contributed by atoms with van der Waals surface area (Å²) in [6.45, 7) is 5.43. The summed E-state index contributed by atoms with van der Waals surface area (Å²) in [6.07, 6.45) is 10.1. The molecule has 0 bridgehead atoms. The highest BCUT2D eigenvalue weighted by atomic mass is 19.3. The molecule has 216 valence electrons. The Morgan fingerprint density at radius 3 is 2.46 bits per heavy atom. The van der Waals surface area contributed by atoms with Crippen molar-refractivity contribution in [2.24, 2.45) is 0 Å². The number of fused-ring (bicyclic) bond motifs is 3. The molecule has 2 fully saturated rings. The number of hydrogen-bond acceptors (Lipinski definition) is 7. The molecule has 0 atom stereocenters. The Morgan fingerprint density at radius 2 is 1.73 bits per heavy atom. The van der Waals surface area contributed by atoms with E-state index in [-0.39, 0.29) is 24.0 Å². The molecule has 0 unspecified atom stereocenters. The molecule has 8 nitrogen and oxygen atoms in total. The van der Waals surface area contributed by atoms with Crippen LogP contribution in [-0.4, -0.2) is 63.1 Å². The van der Waals surface area contributed by atoms with Crippen molar-refractivity contribution in [2.45, 2.75) is 64.0 Å². The van der Waals surface area contributed by atoms with E-state index in [2.05, 4.69) is 36.1 Å². The molecule has 1 saturated carbocycles. The molecule has 0 radical (unpaired) electrons. The summed E-state index contributed by atoms with van der Waals surface area (Å²) in [5.74, 6) is -2.73. The summed E-state index contributed by atoms with van der Waals surface area (Å²) in [5.41, 5.74) is 2.75. The van der Waals surface area contributed by atoms with Crippen LogP contribution in [-0.2, 0) is 6.54 Å². The van der Waals surface area contributed by atoms with Gasteiger partial charge in [0.25, 0.3) is 11.5 Å². The second-order valence-corrected chi connectivity index (χ2v) is 11.3. The molecule has 1 saturated heterocycles. The zero-order valence-corrected chi connectivity index (χ0v) is 23.5. The van der Waals surface area contributed by atoms with Crippen LogP contribution in [0.3, 0.4) is 0 Å². The minimum absolute atomic E-state index is 0.0351. The Hall–Kier alpha value is -3.66. The van der Waals surface area contributed by atoms with E-state index < -0.39 is 12.5 Å². The molecule has 41 heavy (non-hydrogen) atoms. The number of halogens is 2. The molecular weight excluding hydrogens is 524 g/mol. The Kier molecular flexibility index (Phi) is 7.84. The summed E-state index contributed by atoms with van der Waals surface area (Å²) in [6, 6.07) is 10.2. The predicted molar refractivity (Wildman–Crippen MR) is 159 cm³/mol. The van der Waals surface area contributed by atoms with Crippen LogP contribution >= 0.6 is 0 Å². The Labute approximate surface area is 238 Å². The van der Waals surface area contributed by atoms with E-state index >= 15 is 0 Å². The minimum Gasteiger partial charge on any atom is -0.369 e. The fourth-order valence-corrected chi connectivity index (χ4v) is 6.15. The van der Waals surface area contributed by atoms with Crippen LogP contribution in [0.5, 0.6) is 0 Å². The molecule has 2 aliphatic rings. The molecule has 6 rings (SSSR count). The average molecular weight is 562 g/mol. The third-order valence-corrected chi connectivity index (χ3v) is 8.59. The number of nitrogens with zero attached hydrogens (tertiary/aromatic N) is 6. The summed E-state index contributed by atoms with van der Waals surface area (Å²) in [4.78, 5) is 32.0. The lowest BCUT2D eigenvalue weighted by molar-refractivity contribution is 0.0114. The van der Waals surface area contributed by atoms with Crippen LogP contribution in [0.15, 0.2) is 53.7 Å². The van der Waals surface area contributed by atoms with E-state index in [0.29, 0.717) is 11.0 Å². The van der Waals surface area contributed by atoms with Gasteiger partial charge in [-0.15, -0.1) is 0 Å². The maximum atomic E-state index is 14.1. The minimum atomic E-state index is -2.85. The lowest BCUT2D eigenvalue weighted by atomic mass is 9.94. The van der Waals surface area contributed by atoms with Crippen molar-refractivity contribution in [1.82, 2.24) is 24.4 Å². The van der Waals surface area contributed by atoms with Crippen LogP contribution in [0.25, 0.3) is 21.8 Å². The first-order chi connectivity index (χ1) is 19.9. The van der Waals surface area contributed by atoms with E-state index in [0.717, 1.165) is 81.2 Å². The first-order valence-corrected chi connectivity index (χ1v) is 14.7. The Balaban J connectivity index is 1.31. The van der Waals surface area contributed by atoms with Gasteiger partial charge in [0, 0.05) is 80.2 Å². The molecule has 1 aliphatic carbocycles. The molecule has 4 heterocycles. The van der Waals surface area contributed by atoms with Crippen molar-refractivity contribution in [3.8, 4) is 0 Å². The maximum Gasteiger partial charge on any atom is 0.264 e. The van der Waals surface area contributed by atoms with Gasteiger partial charge in [0.05, 0.1) is 6.54 Å². The normalized spacial score (nSPS) is 17.4. The van der Waals surface area contributed by atoms with Crippen LogP contribution in [0, 0.1) is 0 Å². The smallest absolute Gasteiger partial charge is 0.264 e. The maximum absolute atomic E-state index is 14.1. The molecular formula is C31H37F2N7O. The van der Waals surface area contributed by atoms with E-state index in [4.69, 9.17) is 0 Å². The average Bonchev–Trinajstić information content (AvgIpc) is 3.01. The van der Waals surface area contributed by atoms with Gasteiger partial charge < -0.3 is 10.2 Å². The van der Waals surface area contributed by atoms with Gasteiger partial charge in [-0.25, -0.2) is 13.8 Å². The number of hydrogen-bond donors (Lipinski definition) is 1. The van der Waals surface area contributed by atoms with Gasteiger partial charge >= 0.3 is 0 Å². The molecule has 10 heteroatoms. The van der Waals surface area contributed by atoms with Gasteiger partial charge in [-0.2, -0.15) is 4.98 Å². The zero-order valence-electron chi connectivity index (χ0n) is 23.5.